The summed E-state index contributed by atoms with van der Waals surface area (Å²) in [5, 5.41) is 0. The first-order valence-corrected chi connectivity index (χ1v) is 6.90. The predicted octanol–water partition coefficient (Wildman–Crippen LogP) is 3.71. The van der Waals surface area contributed by atoms with Gasteiger partial charge in [0.15, 0.2) is 0 Å². The van der Waals surface area contributed by atoms with Crippen LogP contribution in [0.4, 0.5) is 0 Å². The van der Waals surface area contributed by atoms with Crippen molar-refractivity contribution in [1.82, 2.24) is 5.48 Å². The molecule has 1 aromatic carbocycles. The molecule has 0 saturated heterocycles. The molecular formula is C18H21NO. The highest BCUT2D eigenvalue weighted by molar-refractivity contribution is 5.70. The van der Waals surface area contributed by atoms with Gasteiger partial charge in [0.05, 0.1) is 12.3 Å². The van der Waals surface area contributed by atoms with Crippen LogP contribution in [0.1, 0.15) is 31.9 Å². The van der Waals surface area contributed by atoms with Crippen molar-refractivity contribution >= 4 is 5.70 Å². The third-order valence-electron chi connectivity index (χ3n) is 2.84. The van der Waals surface area contributed by atoms with E-state index in [4.69, 9.17) is 4.84 Å². The van der Waals surface area contributed by atoms with E-state index in [-0.39, 0.29) is 5.41 Å². The molecule has 0 unspecified atom stereocenters. The Balaban J connectivity index is 1.75. The number of fused-ring (bicyclic) bond motifs is 1. The Morgan fingerprint density at radius 3 is 2.90 bits per heavy atom. The molecule has 1 aliphatic rings. The van der Waals surface area contributed by atoms with E-state index in [1.165, 1.54) is 11.1 Å². The summed E-state index contributed by atoms with van der Waals surface area (Å²) in [5.41, 5.74) is 6.66. The maximum absolute atomic E-state index is 5.43. The summed E-state index contributed by atoms with van der Waals surface area (Å²) in [6, 6.07) is 8.35. The van der Waals surface area contributed by atoms with Crippen molar-refractivity contribution in [1.29, 1.82) is 0 Å². The minimum absolute atomic E-state index is 0.0435. The lowest BCUT2D eigenvalue weighted by atomic mass is 9.98. The van der Waals surface area contributed by atoms with E-state index >= 15 is 0 Å². The minimum atomic E-state index is 0.0435. The van der Waals surface area contributed by atoms with Crippen molar-refractivity contribution < 1.29 is 4.84 Å². The minimum Gasteiger partial charge on any atom is -0.272 e. The lowest BCUT2D eigenvalue weighted by Crippen LogP contribution is -2.12. The Morgan fingerprint density at radius 1 is 1.30 bits per heavy atom. The van der Waals surface area contributed by atoms with Crippen LogP contribution in [0.3, 0.4) is 0 Å². The summed E-state index contributed by atoms with van der Waals surface area (Å²) >= 11 is 0. The van der Waals surface area contributed by atoms with Gasteiger partial charge in [0, 0.05) is 11.0 Å². The van der Waals surface area contributed by atoms with Gasteiger partial charge in [-0.2, -0.15) is 0 Å². The van der Waals surface area contributed by atoms with Gasteiger partial charge in [-0.1, -0.05) is 42.2 Å². The summed E-state index contributed by atoms with van der Waals surface area (Å²) in [5.74, 6) is 6.16. The van der Waals surface area contributed by atoms with Crippen LogP contribution in [0.15, 0.2) is 42.5 Å². The van der Waals surface area contributed by atoms with Crippen LogP contribution in [0.2, 0.25) is 0 Å². The molecule has 0 fully saturated rings. The molecule has 0 saturated carbocycles. The van der Waals surface area contributed by atoms with Crippen LogP contribution in [0, 0.1) is 17.3 Å². The van der Waals surface area contributed by atoms with E-state index < -0.39 is 0 Å². The number of hydrogen-bond donors (Lipinski definition) is 1. The van der Waals surface area contributed by atoms with E-state index in [0.717, 1.165) is 12.1 Å². The second-order valence-corrected chi connectivity index (χ2v) is 5.81. The van der Waals surface area contributed by atoms with Crippen LogP contribution < -0.4 is 5.48 Å². The van der Waals surface area contributed by atoms with Crippen LogP contribution >= 0.6 is 0 Å². The smallest absolute Gasteiger partial charge is 0.0936 e. The molecule has 0 atom stereocenters. The Morgan fingerprint density at radius 2 is 2.10 bits per heavy atom. The molecule has 0 spiro atoms. The second-order valence-electron chi connectivity index (χ2n) is 5.81. The maximum Gasteiger partial charge on any atom is 0.0936 e. The van der Waals surface area contributed by atoms with E-state index in [9.17, 15) is 0 Å². The zero-order valence-corrected chi connectivity index (χ0v) is 12.4. The molecule has 0 radical (unpaired) electrons. The Kier molecular flexibility index (Phi) is 4.65. The first kappa shape index (κ1) is 14.4. The van der Waals surface area contributed by atoms with Crippen LogP contribution in [0.5, 0.6) is 0 Å². The van der Waals surface area contributed by atoms with Crippen molar-refractivity contribution in [2.24, 2.45) is 5.41 Å². The highest BCUT2D eigenvalue weighted by Gasteiger charge is 2.12. The van der Waals surface area contributed by atoms with Gasteiger partial charge < -0.3 is 0 Å². The molecule has 2 rings (SSSR count). The predicted molar refractivity (Wildman–Crippen MR) is 83.6 cm³/mol. The number of allylic oxidation sites excluding steroid dienone is 2. The fraction of sp³-hybridized carbons (Fsp3) is 0.333. The summed E-state index contributed by atoms with van der Waals surface area (Å²) < 4.78 is 0. The fourth-order valence-corrected chi connectivity index (χ4v) is 1.91. The molecule has 104 valence electrons. The lowest BCUT2D eigenvalue weighted by Gasteiger charge is -2.07. The van der Waals surface area contributed by atoms with E-state index in [2.05, 4.69) is 62.4 Å². The highest BCUT2D eigenvalue weighted by atomic mass is 16.6. The van der Waals surface area contributed by atoms with Crippen molar-refractivity contribution in [2.75, 3.05) is 6.61 Å². The van der Waals surface area contributed by atoms with Crippen LogP contribution in [-0.2, 0) is 11.3 Å². The quantitative estimate of drug-likeness (QED) is 0.510. The number of benzene rings is 1. The van der Waals surface area contributed by atoms with E-state index in [1.54, 1.807) is 0 Å². The summed E-state index contributed by atoms with van der Waals surface area (Å²) in [6.07, 6.45) is 6.86. The molecule has 2 nitrogen and oxygen atoms in total. The van der Waals surface area contributed by atoms with E-state index in [1.807, 2.05) is 18.2 Å². The SMILES string of the molecule is CC(C)(C)C#C/C=C/CONC1=CCc2ccccc21. The molecule has 0 amide bonds. The molecule has 1 aliphatic carbocycles. The van der Waals surface area contributed by atoms with Gasteiger partial charge in [-0.3, -0.25) is 10.3 Å². The number of hydroxylamine groups is 1. The molecule has 20 heavy (non-hydrogen) atoms. The maximum atomic E-state index is 5.43. The van der Waals surface area contributed by atoms with Gasteiger partial charge in [0.2, 0.25) is 0 Å². The number of hydrogen-bond acceptors (Lipinski definition) is 2. The van der Waals surface area contributed by atoms with Gasteiger partial charge in [-0.25, -0.2) is 0 Å². The molecule has 1 N–H and O–H groups in total. The van der Waals surface area contributed by atoms with Gasteiger partial charge in [-0.15, -0.1) is 0 Å². The van der Waals surface area contributed by atoms with Gasteiger partial charge in [0.25, 0.3) is 0 Å². The molecule has 0 heterocycles. The zero-order chi connectivity index (χ0) is 14.4. The van der Waals surface area contributed by atoms with Crippen LogP contribution in [0.25, 0.3) is 5.70 Å². The van der Waals surface area contributed by atoms with Crippen molar-refractivity contribution in [3.05, 3.63) is 53.6 Å². The second kappa shape index (κ2) is 6.45. The molecule has 0 aromatic heterocycles. The van der Waals surface area contributed by atoms with Crippen molar-refractivity contribution in [2.45, 2.75) is 27.2 Å². The highest BCUT2D eigenvalue weighted by Crippen LogP contribution is 2.24. The van der Waals surface area contributed by atoms with Gasteiger partial charge >= 0.3 is 0 Å². The largest absolute Gasteiger partial charge is 0.272 e. The fourth-order valence-electron chi connectivity index (χ4n) is 1.91. The van der Waals surface area contributed by atoms with Crippen molar-refractivity contribution in [3.63, 3.8) is 0 Å². The molecule has 0 aliphatic heterocycles. The Labute approximate surface area is 121 Å². The van der Waals surface area contributed by atoms with Gasteiger partial charge in [-0.05, 0) is 44.9 Å². The van der Waals surface area contributed by atoms with Crippen LogP contribution in [-0.4, -0.2) is 6.61 Å². The van der Waals surface area contributed by atoms with Crippen molar-refractivity contribution in [3.8, 4) is 11.8 Å². The standard InChI is InChI=1S/C18H21NO/c1-18(2,3)13-7-4-8-14-20-19-17-12-11-15-9-5-6-10-16(15)17/h4-6,8-10,12,19H,11,14H2,1-3H3/b8-4+. The third kappa shape index (κ3) is 4.29. The number of nitrogens with one attached hydrogen (secondary N) is 1. The Hall–Kier alpha value is -1.98. The molecule has 2 heteroatoms. The summed E-state index contributed by atoms with van der Waals surface area (Å²) in [7, 11) is 0. The Bertz CT molecular complexity index is 579. The lowest BCUT2D eigenvalue weighted by molar-refractivity contribution is 0.103. The molecule has 1 aromatic rings. The third-order valence-corrected chi connectivity index (χ3v) is 2.84. The summed E-state index contributed by atoms with van der Waals surface area (Å²) in [4.78, 5) is 5.43. The molecule has 0 bridgehead atoms. The monoisotopic (exact) mass is 267 g/mol. The molecular weight excluding hydrogens is 246 g/mol. The normalized spacial score (nSPS) is 13.7. The summed E-state index contributed by atoms with van der Waals surface area (Å²) in [6.45, 7) is 6.78. The average Bonchev–Trinajstić information content (AvgIpc) is 2.80. The average molecular weight is 267 g/mol. The first-order valence-electron chi connectivity index (χ1n) is 6.90. The number of rotatable bonds is 4. The van der Waals surface area contributed by atoms with E-state index in [0.29, 0.717) is 6.61 Å². The first-order chi connectivity index (χ1) is 9.56. The topological polar surface area (TPSA) is 21.3 Å². The van der Waals surface area contributed by atoms with Gasteiger partial charge in [0.1, 0.15) is 0 Å². The zero-order valence-electron chi connectivity index (χ0n) is 12.4.